The molecule has 7 heteroatoms. The average Bonchev–Trinajstić information content (AvgIpc) is 2.63. The van der Waals surface area contributed by atoms with Crippen molar-refractivity contribution in [3.63, 3.8) is 0 Å². The van der Waals surface area contributed by atoms with E-state index in [0.29, 0.717) is 32.0 Å². The molecule has 1 aromatic carbocycles. The number of rotatable bonds is 4. The summed E-state index contributed by atoms with van der Waals surface area (Å²) in [6, 6.07) is 6.46. The zero-order chi connectivity index (χ0) is 17.0. The molecule has 0 bridgehead atoms. The monoisotopic (exact) mass is 350 g/mol. The molecular weight excluding hydrogens is 328 g/mol. The van der Waals surface area contributed by atoms with Crippen LogP contribution in [0.3, 0.4) is 0 Å². The van der Waals surface area contributed by atoms with E-state index in [2.05, 4.69) is 11.4 Å². The summed E-state index contributed by atoms with van der Waals surface area (Å²) in [6.45, 7) is 1.52. The van der Waals surface area contributed by atoms with E-state index in [9.17, 15) is 13.2 Å². The fourth-order valence-corrected chi connectivity index (χ4v) is 4.40. The molecule has 2 aliphatic rings. The molecule has 130 valence electrons. The molecule has 1 fully saturated rings. The molecule has 6 nitrogen and oxygen atoms in total. The van der Waals surface area contributed by atoms with E-state index in [-0.39, 0.29) is 16.7 Å². The standard InChI is InChI=1S/C17H22N2O4S/c20-17(14-5-2-1-3-6-14)18-15-7-4-8-16(13-15)24(21,22)19-9-11-23-12-10-19/h1-2,4,7-8,13-14H,3,5-6,9-12H2,(H,18,20)/t14-/m0/s1. The number of nitrogens with one attached hydrogen (secondary N) is 1. The summed E-state index contributed by atoms with van der Waals surface area (Å²) >= 11 is 0. The fourth-order valence-electron chi connectivity index (χ4n) is 2.95. The molecule has 0 radical (unpaired) electrons. The van der Waals surface area contributed by atoms with Crippen LogP contribution in [0.4, 0.5) is 5.69 Å². The topological polar surface area (TPSA) is 75.7 Å². The average molecular weight is 350 g/mol. The minimum Gasteiger partial charge on any atom is -0.379 e. The van der Waals surface area contributed by atoms with Crippen LogP contribution in [0.25, 0.3) is 0 Å². The van der Waals surface area contributed by atoms with Crippen LogP contribution in [0.5, 0.6) is 0 Å². The summed E-state index contributed by atoms with van der Waals surface area (Å²) in [5.74, 6) is -0.102. The van der Waals surface area contributed by atoms with Crippen LogP contribution in [-0.2, 0) is 19.6 Å². The van der Waals surface area contributed by atoms with Crippen molar-refractivity contribution < 1.29 is 17.9 Å². The fraction of sp³-hybridized carbons (Fsp3) is 0.471. The summed E-state index contributed by atoms with van der Waals surface area (Å²) in [4.78, 5) is 12.5. The minimum absolute atomic E-state index is 0.0468. The van der Waals surface area contributed by atoms with Crippen molar-refractivity contribution in [3.8, 4) is 0 Å². The van der Waals surface area contributed by atoms with Crippen molar-refractivity contribution in [1.29, 1.82) is 0 Å². The number of amides is 1. The van der Waals surface area contributed by atoms with E-state index in [1.165, 1.54) is 10.4 Å². The van der Waals surface area contributed by atoms with Crippen LogP contribution in [0.1, 0.15) is 19.3 Å². The van der Waals surface area contributed by atoms with Crippen LogP contribution >= 0.6 is 0 Å². The Morgan fingerprint density at radius 3 is 2.71 bits per heavy atom. The number of morpholine rings is 1. The highest BCUT2D eigenvalue weighted by atomic mass is 32.2. The van der Waals surface area contributed by atoms with Crippen molar-refractivity contribution in [2.75, 3.05) is 31.6 Å². The van der Waals surface area contributed by atoms with Gasteiger partial charge in [0.1, 0.15) is 0 Å². The third-order valence-corrected chi connectivity index (χ3v) is 6.24. The van der Waals surface area contributed by atoms with Gasteiger partial charge in [-0.1, -0.05) is 18.2 Å². The Labute approximate surface area is 142 Å². The number of ether oxygens (including phenoxy) is 1. The van der Waals surface area contributed by atoms with Crippen LogP contribution in [0.2, 0.25) is 0 Å². The molecule has 1 amide bonds. The van der Waals surface area contributed by atoms with Crippen molar-refractivity contribution >= 4 is 21.6 Å². The van der Waals surface area contributed by atoms with E-state index in [1.807, 2.05) is 6.08 Å². The Hall–Kier alpha value is -1.70. The lowest BCUT2D eigenvalue weighted by molar-refractivity contribution is -0.120. The molecule has 1 atom stereocenters. The number of sulfonamides is 1. The van der Waals surface area contributed by atoms with E-state index in [0.717, 1.165) is 19.3 Å². The van der Waals surface area contributed by atoms with Crippen molar-refractivity contribution in [1.82, 2.24) is 4.31 Å². The molecule has 0 spiro atoms. The van der Waals surface area contributed by atoms with Gasteiger partial charge in [0.25, 0.3) is 0 Å². The normalized spacial score (nSPS) is 22.2. The molecule has 0 aromatic heterocycles. The largest absolute Gasteiger partial charge is 0.379 e. The summed E-state index contributed by atoms with van der Waals surface area (Å²) in [5, 5.41) is 2.85. The maximum Gasteiger partial charge on any atom is 0.243 e. The molecule has 0 saturated carbocycles. The number of anilines is 1. The first-order valence-corrected chi connectivity index (χ1v) is 9.65. The zero-order valence-corrected chi connectivity index (χ0v) is 14.3. The lowest BCUT2D eigenvalue weighted by Crippen LogP contribution is -2.40. The number of hydrogen-bond acceptors (Lipinski definition) is 4. The Morgan fingerprint density at radius 2 is 2.00 bits per heavy atom. The Bertz CT molecular complexity index is 724. The summed E-state index contributed by atoms with van der Waals surface area (Å²) in [7, 11) is -3.55. The predicted molar refractivity (Wildman–Crippen MR) is 91.1 cm³/mol. The van der Waals surface area contributed by atoms with Gasteiger partial charge < -0.3 is 10.1 Å². The number of benzene rings is 1. The molecular formula is C17H22N2O4S. The first-order chi connectivity index (χ1) is 11.6. The number of carbonyl (C=O) groups is 1. The number of allylic oxidation sites excluding steroid dienone is 2. The van der Waals surface area contributed by atoms with Gasteiger partial charge in [-0.25, -0.2) is 8.42 Å². The zero-order valence-electron chi connectivity index (χ0n) is 13.5. The quantitative estimate of drug-likeness (QED) is 0.843. The second kappa shape index (κ2) is 7.46. The molecule has 1 N–H and O–H groups in total. The van der Waals surface area contributed by atoms with Gasteiger partial charge in [-0.15, -0.1) is 0 Å². The Morgan fingerprint density at radius 1 is 1.21 bits per heavy atom. The lowest BCUT2D eigenvalue weighted by Gasteiger charge is -2.26. The first kappa shape index (κ1) is 17.1. The number of hydrogen-bond donors (Lipinski definition) is 1. The molecule has 1 aliphatic heterocycles. The molecule has 0 unspecified atom stereocenters. The summed E-state index contributed by atoms with van der Waals surface area (Å²) in [6.07, 6.45) is 6.57. The SMILES string of the molecule is O=C(Nc1cccc(S(=O)(=O)N2CCOCC2)c1)[C@H]1CC=CCC1. The molecule has 24 heavy (non-hydrogen) atoms. The number of carbonyl (C=O) groups excluding carboxylic acids is 1. The van der Waals surface area contributed by atoms with E-state index < -0.39 is 10.0 Å². The van der Waals surface area contributed by atoms with Gasteiger partial charge in [0.05, 0.1) is 18.1 Å². The third-order valence-electron chi connectivity index (χ3n) is 4.35. The van der Waals surface area contributed by atoms with Crippen molar-refractivity contribution in [2.45, 2.75) is 24.2 Å². The smallest absolute Gasteiger partial charge is 0.243 e. The van der Waals surface area contributed by atoms with Gasteiger partial charge in [0.2, 0.25) is 15.9 Å². The van der Waals surface area contributed by atoms with Crippen LogP contribution in [0, 0.1) is 5.92 Å². The lowest BCUT2D eigenvalue weighted by atomic mass is 9.93. The maximum absolute atomic E-state index is 12.7. The second-order valence-corrected chi connectivity index (χ2v) is 7.95. The predicted octanol–water partition coefficient (Wildman–Crippen LogP) is 2.00. The van der Waals surface area contributed by atoms with E-state index in [1.54, 1.807) is 18.2 Å². The van der Waals surface area contributed by atoms with Gasteiger partial charge in [-0.05, 0) is 37.5 Å². The van der Waals surface area contributed by atoms with Gasteiger partial charge in [-0.2, -0.15) is 4.31 Å². The number of nitrogens with zero attached hydrogens (tertiary/aromatic N) is 1. The molecule has 1 aromatic rings. The second-order valence-electron chi connectivity index (χ2n) is 6.01. The van der Waals surface area contributed by atoms with Crippen molar-refractivity contribution in [3.05, 3.63) is 36.4 Å². The van der Waals surface area contributed by atoms with Gasteiger partial charge >= 0.3 is 0 Å². The highest BCUT2D eigenvalue weighted by Gasteiger charge is 2.26. The minimum atomic E-state index is -3.55. The highest BCUT2D eigenvalue weighted by Crippen LogP contribution is 2.23. The van der Waals surface area contributed by atoms with Crippen LogP contribution < -0.4 is 5.32 Å². The molecule has 3 rings (SSSR count). The highest BCUT2D eigenvalue weighted by molar-refractivity contribution is 7.89. The van der Waals surface area contributed by atoms with Crippen LogP contribution in [0.15, 0.2) is 41.3 Å². The third kappa shape index (κ3) is 3.85. The summed E-state index contributed by atoms with van der Waals surface area (Å²) in [5.41, 5.74) is 0.517. The molecule has 1 heterocycles. The molecule has 1 saturated heterocycles. The van der Waals surface area contributed by atoms with Crippen LogP contribution in [-0.4, -0.2) is 44.9 Å². The maximum atomic E-state index is 12.7. The van der Waals surface area contributed by atoms with Crippen molar-refractivity contribution in [2.24, 2.45) is 5.92 Å². The van der Waals surface area contributed by atoms with E-state index in [4.69, 9.17) is 4.74 Å². The van der Waals surface area contributed by atoms with Gasteiger partial charge in [-0.3, -0.25) is 4.79 Å². The Kier molecular flexibility index (Phi) is 5.33. The summed E-state index contributed by atoms with van der Waals surface area (Å²) < 4.78 is 32.0. The van der Waals surface area contributed by atoms with E-state index >= 15 is 0 Å². The molecule has 1 aliphatic carbocycles. The van der Waals surface area contributed by atoms with Gasteiger partial charge in [0.15, 0.2) is 0 Å². The first-order valence-electron chi connectivity index (χ1n) is 8.21. The Balaban J connectivity index is 1.73. The van der Waals surface area contributed by atoms with Gasteiger partial charge in [0, 0.05) is 24.7 Å².